The maximum Gasteiger partial charge on any atom is 0.531 e. The molecule has 5 heteroatoms. The van der Waals surface area contributed by atoms with Crippen LogP contribution in [0.3, 0.4) is 0 Å². The summed E-state index contributed by atoms with van der Waals surface area (Å²) in [5.41, 5.74) is -1.26. The first-order chi connectivity index (χ1) is 9.38. The summed E-state index contributed by atoms with van der Waals surface area (Å²) in [6.45, 7) is 14.7. The minimum atomic E-state index is -0.795. The molecule has 0 radical (unpaired) electrons. The summed E-state index contributed by atoms with van der Waals surface area (Å²) < 4.78 is 17.9. The molecule has 2 aliphatic heterocycles. The lowest BCUT2D eigenvalue weighted by Crippen LogP contribution is -2.52. The van der Waals surface area contributed by atoms with E-state index in [4.69, 9.17) is 14.0 Å². The van der Waals surface area contributed by atoms with Crippen molar-refractivity contribution in [2.24, 2.45) is 5.41 Å². The van der Waals surface area contributed by atoms with E-state index >= 15 is 0 Å². The Balaban J connectivity index is 2.20. The van der Waals surface area contributed by atoms with Crippen molar-refractivity contribution in [1.29, 1.82) is 0 Å². The maximum atomic E-state index is 10.4. The van der Waals surface area contributed by atoms with Gasteiger partial charge in [-0.05, 0) is 52.5 Å². The number of ether oxygens (including phenoxy) is 1. The first-order valence-corrected chi connectivity index (χ1v) is 7.79. The van der Waals surface area contributed by atoms with Crippen LogP contribution in [0.5, 0.6) is 0 Å². The van der Waals surface area contributed by atoms with E-state index < -0.39 is 23.9 Å². The van der Waals surface area contributed by atoms with Crippen molar-refractivity contribution < 1.29 is 19.2 Å². The van der Waals surface area contributed by atoms with Crippen molar-refractivity contribution in [1.82, 2.24) is 0 Å². The third-order valence-corrected chi connectivity index (χ3v) is 5.44. The van der Waals surface area contributed by atoms with E-state index in [2.05, 4.69) is 20.8 Å². The second-order valence-corrected chi connectivity index (χ2v) is 8.17. The van der Waals surface area contributed by atoms with Crippen molar-refractivity contribution in [2.75, 3.05) is 6.61 Å². The summed E-state index contributed by atoms with van der Waals surface area (Å²) in [5.74, 6) is 0. The van der Waals surface area contributed by atoms with Gasteiger partial charge in [-0.3, -0.25) is 0 Å². The van der Waals surface area contributed by atoms with Gasteiger partial charge in [-0.25, -0.2) is 0 Å². The van der Waals surface area contributed by atoms with Gasteiger partial charge in [0.25, 0.3) is 0 Å². The molecule has 0 aromatic carbocycles. The van der Waals surface area contributed by atoms with Crippen LogP contribution in [0.4, 0.5) is 0 Å². The lowest BCUT2D eigenvalue weighted by atomic mass is 9.67. The highest BCUT2D eigenvalue weighted by Crippen LogP contribution is 2.48. The predicted octanol–water partition coefficient (Wildman–Crippen LogP) is 3.09. The van der Waals surface area contributed by atoms with Gasteiger partial charge in [0.2, 0.25) is 0 Å². The average molecular weight is 296 g/mol. The van der Waals surface area contributed by atoms with Gasteiger partial charge < -0.3 is 19.2 Å². The van der Waals surface area contributed by atoms with E-state index in [1.165, 1.54) is 0 Å². The lowest BCUT2D eigenvalue weighted by Gasteiger charge is -2.46. The molecule has 0 aromatic rings. The van der Waals surface area contributed by atoms with Gasteiger partial charge in [0.15, 0.2) is 0 Å². The third-order valence-electron chi connectivity index (χ3n) is 5.44. The van der Waals surface area contributed by atoms with Gasteiger partial charge in [-0.15, -0.1) is 0 Å². The van der Waals surface area contributed by atoms with Crippen LogP contribution in [0.25, 0.3) is 0 Å². The fraction of sp³-hybridized carbons (Fsp3) is 0.875. The summed E-state index contributed by atoms with van der Waals surface area (Å²) in [7, 11) is -0.440. The molecule has 0 bridgehead atoms. The van der Waals surface area contributed by atoms with Crippen molar-refractivity contribution >= 4 is 7.12 Å². The molecule has 0 aromatic heterocycles. The highest BCUT2D eigenvalue weighted by molar-refractivity contribution is 6.53. The first-order valence-electron chi connectivity index (χ1n) is 7.79. The third kappa shape index (κ3) is 3.01. The van der Waals surface area contributed by atoms with Crippen LogP contribution in [0.15, 0.2) is 11.7 Å². The molecule has 2 aliphatic rings. The van der Waals surface area contributed by atoms with Crippen LogP contribution < -0.4 is 0 Å². The molecule has 1 saturated heterocycles. The molecule has 2 rings (SSSR count). The van der Waals surface area contributed by atoms with Gasteiger partial charge in [-0.1, -0.05) is 13.8 Å². The Morgan fingerprint density at radius 2 is 1.81 bits per heavy atom. The number of hydrogen-bond acceptors (Lipinski definition) is 4. The maximum absolute atomic E-state index is 10.4. The standard InChI is InChI=1S/C16H29BO4/c1-13(2,14(3,4)18)11-16(7)15(5,6)20-17(21-16)12-9-8-10-19-12/h9,18H,8,10-11H2,1-7H3. The molecule has 120 valence electrons. The molecule has 21 heavy (non-hydrogen) atoms. The minimum Gasteiger partial charge on any atom is -0.501 e. The zero-order valence-corrected chi connectivity index (χ0v) is 14.4. The molecule has 1 unspecified atom stereocenters. The van der Waals surface area contributed by atoms with Gasteiger partial charge >= 0.3 is 7.12 Å². The van der Waals surface area contributed by atoms with E-state index in [0.717, 1.165) is 12.1 Å². The topological polar surface area (TPSA) is 47.9 Å². The molecule has 1 N–H and O–H groups in total. The zero-order valence-electron chi connectivity index (χ0n) is 14.4. The van der Waals surface area contributed by atoms with Crippen molar-refractivity contribution in [3.8, 4) is 0 Å². The van der Waals surface area contributed by atoms with E-state index in [9.17, 15) is 5.11 Å². The molecule has 1 atom stereocenters. The minimum absolute atomic E-state index is 0.303. The predicted molar refractivity (Wildman–Crippen MR) is 83.8 cm³/mol. The summed E-state index contributed by atoms with van der Waals surface area (Å²) in [5, 5.41) is 10.4. The van der Waals surface area contributed by atoms with Crippen molar-refractivity contribution in [3.63, 3.8) is 0 Å². The van der Waals surface area contributed by atoms with Crippen LogP contribution in [-0.2, 0) is 14.0 Å². The Morgan fingerprint density at radius 3 is 2.29 bits per heavy atom. The van der Waals surface area contributed by atoms with Crippen LogP contribution in [0.1, 0.15) is 61.3 Å². The fourth-order valence-corrected chi connectivity index (χ4v) is 2.83. The molecular formula is C16H29BO4. The summed E-state index contributed by atoms with van der Waals surface area (Å²) in [4.78, 5) is 0. The van der Waals surface area contributed by atoms with Gasteiger partial charge in [0, 0.05) is 6.42 Å². The Hall–Kier alpha value is -0.515. The Bertz CT molecular complexity index is 436. The van der Waals surface area contributed by atoms with Gasteiger partial charge in [0.1, 0.15) is 5.66 Å². The smallest absolute Gasteiger partial charge is 0.501 e. The molecule has 0 amide bonds. The highest BCUT2D eigenvalue weighted by Gasteiger charge is 2.58. The second kappa shape index (κ2) is 5.00. The Kier molecular flexibility index (Phi) is 4.01. The van der Waals surface area contributed by atoms with Crippen LogP contribution in [0, 0.1) is 5.41 Å². The monoisotopic (exact) mass is 296 g/mol. The molecule has 0 aliphatic carbocycles. The first kappa shape index (κ1) is 16.8. The normalized spacial score (nSPS) is 29.5. The van der Waals surface area contributed by atoms with Crippen molar-refractivity contribution in [3.05, 3.63) is 11.7 Å². The number of hydrogen-bond donors (Lipinski definition) is 1. The van der Waals surface area contributed by atoms with Crippen LogP contribution >= 0.6 is 0 Å². The molecule has 0 spiro atoms. The Morgan fingerprint density at radius 1 is 1.19 bits per heavy atom. The van der Waals surface area contributed by atoms with E-state index in [1.54, 1.807) is 0 Å². The largest absolute Gasteiger partial charge is 0.531 e. The molecule has 2 heterocycles. The highest BCUT2D eigenvalue weighted by atomic mass is 16.7. The summed E-state index contributed by atoms with van der Waals surface area (Å²) in [6, 6.07) is 0. The molecular weight excluding hydrogens is 267 g/mol. The van der Waals surface area contributed by atoms with Crippen LogP contribution in [0.2, 0.25) is 0 Å². The molecule has 4 nitrogen and oxygen atoms in total. The Labute approximate surface area is 129 Å². The van der Waals surface area contributed by atoms with Crippen molar-refractivity contribution in [2.45, 2.75) is 78.1 Å². The average Bonchev–Trinajstić information content (AvgIpc) is 2.84. The molecule has 0 saturated carbocycles. The lowest BCUT2D eigenvalue weighted by molar-refractivity contribution is -0.101. The number of rotatable bonds is 4. The van der Waals surface area contributed by atoms with Gasteiger partial charge in [-0.2, -0.15) is 0 Å². The van der Waals surface area contributed by atoms with E-state index in [0.29, 0.717) is 13.0 Å². The summed E-state index contributed by atoms with van der Waals surface area (Å²) in [6.07, 6.45) is 3.64. The van der Waals surface area contributed by atoms with Gasteiger partial charge in [0.05, 0.1) is 23.4 Å². The van der Waals surface area contributed by atoms with Crippen LogP contribution in [-0.4, -0.2) is 35.6 Å². The SMILES string of the molecule is CC(C)(O)C(C)(C)CC1(C)OB(C2=CCCO2)OC1(C)C. The molecule has 1 fully saturated rings. The van der Waals surface area contributed by atoms with E-state index in [-0.39, 0.29) is 5.41 Å². The quantitative estimate of drug-likeness (QED) is 0.810. The second-order valence-electron chi connectivity index (χ2n) is 8.17. The number of aliphatic hydroxyl groups is 1. The van der Waals surface area contributed by atoms with E-state index in [1.807, 2.05) is 33.8 Å². The summed E-state index contributed by atoms with van der Waals surface area (Å²) >= 11 is 0. The zero-order chi connectivity index (χ0) is 16.1. The fourth-order valence-electron chi connectivity index (χ4n) is 2.83.